The Kier molecular flexibility index (Phi) is 5.21. The van der Waals surface area contributed by atoms with Crippen molar-refractivity contribution in [1.29, 1.82) is 0 Å². The summed E-state index contributed by atoms with van der Waals surface area (Å²) in [5, 5.41) is 4.89. The van der Waals surface area contributed by atoms with Gasteiger partial charge in [-0.1, -0.05) is 35.1 Å². The van der Waals surface area contributed by atoms with Crippen LogP contribution in [0, 0.1) is 6.92 Å². The first-order chi connectivity index (χ1) is 14.3. The number of carbonyl (C=O) groups excluding carboxylic acids is 1. The number of carbonyl (C=O) groups is 1. The van der Waals surface area contributed by atoms with Gasteiger partial charge in [-0.3, -0.25) is 14.0 Å². The van der Waals surface area contributed by atoms with E-state index in [4.69, 9.17) is 16.3 Å². The molecule has 1 atom stereocenters. The molecule has 0 fully saturated rings. The monoisotopic (exact) mass is 442 g/mol. The van der Waals surface area contributed by atoms with Crippen molar-refractivity contribution in [2.75, 3.05) is 7.11 Å². The van der Waals surface area contributed by atoms with Gasteiger partial charge in [-0.15, -0.1) is 0 Å². The Morgan fingerprint density at radius 1 is 1.33 bits per heavy atom. The summed E-state index contributed by atoms with van der Waals surface area (Å²) in [6, 6.07) is 6.60. The van der Waals surface area contributed by atoms with Crippen LogP contribution < -0.4 is 14.9 Å². The first-order valence-corrected chi connectivity index (χ1v) is 10.4. The van der Waals surface area contributed by atoms with E-state index in [-0.39, 0.29) is 5.56 Å². The van der Waals surface area contributed by atoms with E-state index >= 15 is 0 Å². The molecule has 0 saturated carbocycles. The number of hydrogen-bond acceptors (Lipinski definition) is 6. The van der Waals surface area contributed by atoms with E-state index < -0.39 is 12.0 Å². The van der Waals surface area contributed by atoms with Gasteiger partial charge in [-0.05, 0) is 37.6 Å². The minimum atomic E-state index is -0.663. The fraction of sp³-hybridized carbons (Fsp3) is 0.238. The average Bonchev–Trinajstić information content (AvgIpc) is 3.19. The maximum Gasteiger partial charge on any atom is 0.338 e. The molecular formula is C21H19ClN4O3S. The zero-order chi connectivity index (χ0) is 21.6. The summed E-state index contributed by atoms with van der Waals surface area (Å²) in [6.07, 6.45) is 3.45. The van der Waals surface area contributed by atoms with Gasteiger partial charge in [0.2, 0.25) is 0 Å². The van der Waals surface area contributed by atoms with Crippen molar-refractivity contribution in [2.24, 2.45) is 12.0 Å². The summed E-state index contributed by atoms with van der Waals surface area (Å²) in [6.45, 7) is 3.65. The van der Waals surface area contributed by atoms with E-state index in [1.807, 2.05) is 26.1 Å². The number of halogens is 1. The highest BCUT2D eigenvalue weighted by Crippen LogP contribution is 2.32. The van der Waals surface area contributed by atoms with E-state index in [9.17, 15) is 9.59 Å². The molecule has 1 aliphatic rings. The Labute approximate surface area is 181 Å². The quantitative estimate of drug-likeness (QED) is 0.582. The number of hydrogen-bond donors (Lipinski definition) is 0. The molecule has 1 unspecified atom stereocenters. The van der Waals surface area contributed by atoms with Gasteiger partial charge in [0.15, 0.2) is 4.80 Å². The summed E-state index contributed by atoms with van der Waals surface area (Å²) in [7, 11) is 3.14. The van der Waals surface area contributed by atoms with Crippen LogP contribution in [0.15, 0.2) is 51.5 Å². The molecule has 0 bridgehead atoms. The number of fused-ring (bicyclic) bond motifs is 1. The van der Waals surface area contributed by atoms with Crippen molar-refractivity contribution < 1.29 is 9.53 Å². The second-order valence-corrected chi connectivity index (χ2v) is 8.38. The van der Waals surface area contributed by atoms with Crippen molar-refractivity contribution in [3.05, 3.63) is 83.3 Å². The van der Waals surface area contributed by atoms with Crippen LogP contribution in [0.5, 0.6) is 0 Å². The normalized spacial score (nSPS) is 16.4. The van der Waals surface area contributed by atoms with Crippen LogP contribution in [-0.4, -0.2) is 27.4 Å². The van der Waals surface area contributed by atoms with Gasteiger partial charge in [0.05, 0.1) is 29.1 Å². The van der Waals surface area contributed by atoms with Gasteiger partial charge in [0, 0.05) is 23.3 Å². The molecule has 3 heterocycles. The highest BCUT2D eigenvalue weighted by molar-refractivity contribution is 7.07. The first kappa shape index (κ1) is 20.3. The van der Waals surface area contributed by atoms with Crippen molar-refractivity contribution in [3.63, 3.8) is 0 Å². The third kappa shape index (κ3) is 3.32. The lowest BCUT2D eigenvalue weighted by molar-refractivity contribution is -0.136. The number of allylic oxidation sites excluding steroid dienone is 1. The Morgan fingerprint density at radius 2 is 2.10 bits per heavy atom. The zero-order valence-corrected chi connectivity index (χ0v) is 18.4. The number of ether oxygens (including phenoxy) is 1. The van der Waals surface area contributed by atoms with Crippen molar-refractivity contribution in [2.45, 2.75) is 19.9 Å². The highest BCUT2D eigenvalue weighted by Gasteiger charge is 2.34. The molecule has 0 saturated heterocycles. The summed E-state index contributed by atoms with van der Waals surface area (Å²) in [5.41, 5.74) is 3.02. The maximum atomic E-state index is 13.4. The van der Waals surface area contributed by atoms with Crippen LogP contribution in [0.3, 0.4) is 0 Å². The van der Waals surface area contributed by atoms with E-state index in [1.54, 1.807) is 40.6 Å². The molecule has 1 aliphatic heterocycles. The van der Waals surface area contributed by atoms with Crippen LogP contribution in [0.25, 0.3) is 6.08 Å². The molecule has 9 heteroatoms. The predicted molar refractivity (Wildman–Crippen MR) is 115 cm³/mol. The van der Waals surface area contributed by atoms with Crippen LogP contribution >= 0.6 is 22.9 Å². The van der Waals surface area contributed by atoms with E-state index in [0.29, 0.717) is 25.6 Å². The lowest BCUT2D eigenvalue weighted by Crippen LogP contribution is -2.40. The van der Waals surface area contributed by atoms with Crippen molar-refractivity contribution in [1.82, 2.24) is 14.3 Å². The molecule has 154 valence electrons. The number of aromatic nitrogens is 3. The van der Waals surface area contributed by atoms with Crippen LogP contribution in [0.4, 0.5) is 0 Å². The smallest absolute Gasteiger partial charge is 0.338 e. The summed E-state index contributed by atoms with van der Waals surface area (Å²) in [5.74, 6) is -0.520. The van der Waals surface area contributed by atoms with Gasteiger partial charge < -0.3 is 4.74 Å². The number of aryl methyl sites for hydroxylation is 1. The number of nitrogens with zero attached hydrogens (tertiary/aromatic N) is 4. The molecule has 3 aromatic rings. The second-order valence-electron chi connectivity index (χ2n) is 6.94. The minimum Gasteiger partial charge on any atom is -0.466 e. The summed E-state index contributed by atoms with van der Waals surface area (Å²) < 4.78 is 8.77. The van der Waals surface area contributed by atoms with Gasteiger partial charge in [0.25, 0.3) is 5.56 Å². The third-order valence-electron chi connectivity index (χ3n) is 5.14. The standard InChI is InChI=1S/C21H19ClN4O3S/c1-11-17(20(28)29-4)18(15-10-23-25(3)12(15)2)26-19(27)16(30-21(26)24-11)9-13-6-5-7-14(22)8-13/h5-10,18H,1-4H3. The molecule has 0 aliphatic carbocycles. The Hall–Kier alpha value is -2.97. The number of esters is 1. The SMILES string of the molecule is COC(=O)C1=C(C)N=c2sc(=Cc3cccc(Cl)c3)c(=O)n2C1c1cnn(C)c1C. The Morgan fingerprint density at radius 3 is 2.73 bits per heavy atom. The molecule has 4 rings (SSSR count). The number of methoxy groups -OCH3 is 1. The molecule has 0 spiro atoms. The number of rotatable bonds is 3. The van der Waals surface area contributed by atoms with Gasteiger partial charge >= 0.3 is 5.97 Å². The van der Waals surface area contributed by atoms with Crippen LogP contribution in [0.1, 0.15) is 29.8 Å². The van der Waals surface area contributed by atoms with Gasteiger partial charge in [-0.25, -0.2) is 9.79 Å². The lowest BCUT2D eigenvalue weighted by atomic mass is 9.96. The van der Waals surface area contributed by atoms with Crippen molar-refractivity contribution >= 4 is 35.0 Å². The first-order valence-electron chi connectivity index (χ1n) is 9.16. The Bertz CT molecular complexity index is 1380. The second kappa shape index (κ2) is 7.70. The minimum absolute atomic E-state index is 0.235. The van der Waals surface area contributed by atoms with Crippen LogP contribution in [0.2, 0.25) is 5.02 Å². The zero-order valence-electron chi connectivity index (χ0n) is 16.8. The fourth-order valence-corrected chi connectivity index (χ4v) is 4.76. The fourth-order valence-electron chi connectivity index (χ4n) is 3.52. The molecule has 30 heavy (non-hydrogen) atoms. The van der Waals surface area contributed by atoms with Gasteiger partial charge in [-0.2, -0.15) is 5.10 Å². The largest absolute Gasteiger partial charge is 0.466 e. The Balaban J connectivity index is 2.01. The number of benzene rings is 1. The molecule has 7 nitrogen and oxygen atoms in total. The van der Waals surface area contributed by atoms with E-state index in [2.05, 4.69) is 10.1 Å². The van der Waals surface area contributed by atoms with Gasteiger partial charge in [0.1, 0.15) is 6.04 Å². The third-order valence-corrected chi connectivity index (χ3v) is 6.36. The molecule has 0 amide bonds. The van der Waals surface area contributed by atoms with E-state index in [1.165, 1.54) is 18.4 Å². The molecule has 1 aromatic carbocycles. The highest BCUT2D eigenvalue weighted by atomic mass is 35.5. The summed E-state index contributed by atoms with van der Waals surface area (Å²) in [4.78, 5) is 31.1. The van der Waals surface area contributed by atoms with E-state index in [0.717, 1.165) is 16.8 Å². The number of thiazole rings is 1. The molecule has 0 radical (unpaired) electrons. The predicted octanol–water partition coefficient (Wildman–Crippen LogP) is 2.10. The molecular weight excluding hydrogens is 424 g/mol. The summed E-state index contributed by atoms with van der Waals surface area (Å²) >= 11 is 7.35. The van der Waals surface area contributed by atoms with Crippen molar-refractivity contribution in [3.8, 4) is 0 Å². The molecule has 2 aromatic heterocycles. The topological polar surface area (TPSA) is 78.5 Å². The average molecular weight is 443 g/mol. The molecule has 0 N–H and O–H groups in total. The maximum absolute atomic E-state index is 13.4. The van der Waals surface area contributed by atoms with Crippen LogP contribution in [-0.2, 0) is 16.6 Å². The lowest BCUT2D eigenvalue weighted by Gasteiger charge is -2.23.